The Morgan fingerprint density at radius 3 is 2.24 bits per heavy atom. The summed E-state index contributed by atoms with van der Waals surface area (Å²) >= 11 is 0. The average molecular weight is 442 g/mol. The van der Waals surface area contributed by atoms with E-state index in [0.717, 1.165) is 16.9 Å². The number of nitrogens with one attached hydrogen (secondary N) is 2. The van der Waals surface area contributed by atoms with Gasteiger partial charge < -0.3 is 15.5 Å². The summed E-state index contributed by atoms with van der Waals surface area (Å²) in [4.78, 5) is 39.5. The predicted octanol–water partition coefficient (Wildman–Crippen LogP) is 5.05. The molecule has 168 valence electrons. The molecule has 1 aliphatic heterocycles. The van der Waals surface area contributed by atoms with E-state index in [0.29, 0.717) is 23.7 Å². The van der Waals surface area contributed by atoms with Gasteiger partial charge in [0.2, 0.25) is 11.8 Å². The van der Waals surface area contributed by atoms with Crippen LogP contribution in [-0.4, -0.2) is 24.3 Å². The summed E-state index contributed by atoms with van der Waals surface area (Å²) in [5.41, 5.74) is 3.75. The van der Waals surface area contributed by atoms with Crippen molar-refractivity contribution in [2.75, 3.05) is 22.1 Å². The molecule has 1 fully saturated rings. The maximum absolute atomic E-state index is 12.7. The second-order valence-electron chi connectivity index (χ2n) is 8.50. The van der Waals surface area contributed by atoms with Gasteiger partial charge in [0, 0.05) is 35.6 Å². The standard InChI is InChI=1S/C27H27N3O3/c1-18(2)23-10-6-7-11-24(23)29-26(32)19-12-14-21(15-13-19)28-27(33)20-16-25(31)30(17-20)22-8-4-3-5-9-22/h3-15,18,20H,16-17H2,1-2H3,(H,28,33)(H,29,32). The Hall–Kier alpha value is -3.93. The van der Waals surface area contributed by atoms with E-state index in [4.69, 9.17) is 0 Å². The third-order valence-corrected chi connectivity index (χ3v) is 5.81. The molecule has 4 rings (SSSR count). The quantitative estimate of drug-likeness (QED) is 0.562. The third kappa shape index (κ3) is 5.12. The minimum absolute atomic E-state index is 0.0601. The fraction of sp³-hybridized carbons (Fsp3) is 0.222. The van der Waals surface area contributed by atoms with Crippen LogP contribution >= 0.6 is 0 Å². The molecule has 0 aliphatic carbocycles. The molecule has 2 N–H and O–H groups in total. The second kappa shape index (κ2) is 9.69. The van der Waals surface area contributed by atoms with Crippen LogP contribution in [0.2, 0.25) is 0 Å². The number of para-hydroxylation sites is 2. The molecule has 6 nitrogen and oxygen atoms in total. The highest BCUT2D eigenvalue weighted by Crippen LogP contribution is 2.26. The maximum Gasteiger partial charge on any atom is 0.255 e. The summed E-state index contributed by atoms with van der Waals surface area (Å²) in [6.07, 6.45) is 0.177. The molecule has 3 aromatic rings. The Balaban J connectivity index is 1.37. The number of carbonyl (C=O) groups is 3. The first-order valence-corrected chi connectivity index (χ1v) is 11.1. The first-order chi connectivity index (χ1) is 15.9. The van der Waals surface area contributed by atoms with Crippen LogP contribution < -0.4 is 15.5 Å². The topological polar surface area (TPSA) is 78.5 Å². The number of carbonyl (C=O) groups excluding carboxylic acids is 3. The van der Waals surface area contributed by atoms with Gasteiger partial charge in [-0.2, -0.15) is 0 Å². The van der Waals surface area contributed by atoms with Crippen LogP contribution in [0.5, 0.6) is 0 Å². The molecule has 33 heavy (non-hydrogen) atoms. The number of hydrogen-bond acceptors (Lipinski definition) is 3. The lowest BCUT2D eigenvalue weighted by Crippen LogP contribution is -2.28. The van der Waals surface area contributed by atoms with E-state index in [1.807, 2.05) is 54.6 Å². The van der Waals surface area contributed by atoms with Gasteiger partial charge in [-0.05, 0) is 53.9 Å². The fourth-order valence-electron chi connectivity index (χ4n) is 4.00. The Morgan fingerprint density at radius 2 is 1.55 bits per heavy atom. The van der Waals surface area contributed by atoms with E-state index in [1.54, 1.807) is 29.2 Å². The van der Waals surface area contributed by atoms with Gasteiger partial charge in [0.05, 0.1) is 5.92 Å². The monoisotopic (exact) mass is 441 g/mol. The van der Waals surface area contributed by atoms with Crippen molar-refractivity contribution in [1.82, 2.24) is 0 Å². The minimum atomic E-state index is -0.423. The predicted molar refractivity (Wildman–Crippen MR) is 130 cm³/mol. The van der Waals surface area contributed by atoms with Gasteiger partial charge in [0.1, 0.15) is 0 Å². The Labute approximate surface area is 193 Å². The molecule has 0 aromatic heterocycles. The summed E-state index contributed by atoms with van der Waals surface area (Å²) < 4.78 is 0. The van der Waals surface area contributed by atoms with Gasteiger partial charge >= 0.3 is 0 Å². The summed E-state index contributed by atoms with van der Waals surface area (Å²) in [6, 6.07) is 23.9. The number of rotatable bonds is 6. The molecule has 3 aromatic carbocycles. The van der Waals surface area contributed by atoms with E-state index in [-0.39, 0.29) is 24.1 Å². The van der Waals surface area contributed by atoms with Crippen molar-refractivity contribution in [3.05, 3.63) is 90.0 Å². The number of hydrogen-bond donors (Lipinski definition) is 2. The van der Waals surface area contributed by atoms with Crippen molar-refractivity contribution in [1.29, 1.82) is 0 Å². The van der Waals surface area contributed by atoms with Gasteiger partial charge in [0.25, 0.3) is 5.91 Å². The maximum atomic E-state index is 12.7. The van der Waals surface area contributed by atoms with Gasteiger partial charge in [-0.25, -0.2) is 0 Å². The third-order valence-electron chi connectivity index (χ3n) is 5.81. The zero-order valence-electron chi connectivity index (χ0n) is 18.7. The SMILES string of the molecule is CC(C)c1ccccc1NC(=O)c1ccc(NC(=O)C2CC(=O)N(c3ccccc3)C2)cc1. The van der Waals surface area contributed by atoms with Gasteiger partial charge in [-0.3, -0.25) is 14.4 Å². The molecule has 3 amide bonds. The number of anilines is 3. The van der Waals surface area contributed by atoms with E-state index >= 15 is 0 Å². The summed E-state index contributed by atoms with van der Waals surface area (Å²) in [5, 5.41) is 5.84. The molecule has 0 saturated carbocycles. The van der Waals surface area contributed by atoms with Crippen molar-refractivity contribution in [3.63, 3.8) is 0 Å². The first-order valence-electron chi connectivity index (χ1n) is 11.1. The molecule has 0 radical (unpaired) electrons. The molecule has 1 aliphatic rings. The normalized spacial score (nSPS) is 15.5. The number of nitrogens with zero attached hydrogens (tertiary/aromatic N) is 1. The van der Waals surface area contributed by atoms with Crippen LogP contribution in [0.25, 0.3) is 0 Å². The molecule has 0 bridgehead atoms. The molecule has 1 heterocycles. The van der Waals surface area contributed by atoms with Crippen molar-refractivity contribution in [3.8, 4) is 0 Å². The average Bonchev–Trinajstić information content (AvgIpc) is 3.22. The van der Waals surface area contributed by atoms with Gasteiger partial charge in [0.15, 0.2) is 0 Å². The van der Waals surface area contributed by atoms with Crippen molar-refractivity contribution < 1.29 is 14.4 Å². The zero-order valence-corrected chi connectivity index (χ0v) is 18.7. The van der Waals surface area contributed by atoms with Gasteiger partial charge in [-0.1, -0.05) is 50.2 Å². The molecular weight excluding hydrogens is 414 g/mol. The van der Waals surface area contributed by atoms with Crippen LogP contribution in [0, 0.1) is 5.92 Å². The second-order valence-corrected chi connectivity index (χ2v) is 8.50. The van der Waals surface area contributed by atoms with E-state index in [1.165, 1.54) is 0 Å². The van der Waals surface area contributed by atoms with E-state index in [2.05, 4.69) is 24.5 Å². The molecule has 6 heteroatoms. The van der Waals surface area contributed by atoms with Crippen molar-refractivity contribution in [2.24, 2.45) is 5.92 Å². The lowest BCUT2D eigenvalue weighted by Gasteiger charge is -2.16. The Kier molecular flexibility index (Phi) is 6.54. The highest BCUT2D eigenvalue weighted by atomic mass is 16.2. The smallest absolute Gasteiger partial charge is 0.255 e. The number of benzene rings is 3. The van der Waals surface area contributed by atoms with Crippen molar-refractivity contribution >= 4 is 34.8 Å². The highest BCUT2D eigenvalue weighted by molar-refractivity contribution is 6.06. The molecule has 1 unspecified atom stereocenters. The molecule has 0 spiro atoms. The largest absolute Gasteiger partial charge is 0.326 e. The summed E-state index contributed by atoms with van der Waals surface area (Å²) in [6.45, 7) is 4.52. The lowest BCUT2D eigenvalue weighted by atomic mass is 10.0. The number of amides is 3. The summed E-state index contributed by atoms with van der Waals surface area (Å²) in [5.74, 6) is -0.603. The summed E-state index contributed by atoms with van der Waals surface area (Å²) in [7, 11) is 0. The minimum Gasteiger partial charge on any atom is -0.326 e. The molecular formula is C27H27N3O3. The van der Waals surface area contributed by atoms with E-state index in [9.17, 15) is 14.4 Å². The van der Waals surface area contributed by atoms with E-state index < -0.39 is 5.92 Å². The Bertz CT molecular complexity index is 1160. The highest BCUT2D eigenvalue weighted by Gasteiger charge is 2.35. The van der Waals surface area contributed by atoms with Crippen LogP contribution in [-0.2, 0) is 9.59 Å². The molecule has 1 saturated heterocycles. The Morgan fingerprint density at radius 1 is 0.879 bits per heavy atom. The fourth-order valence-corrected chi connectivity index (χ4v) is 4.00. The van der Waals surface area contributed by atoms with Crippen LogP contribution in [0.15, 0.2) is 78.9 Å². The first kappa shape index (κ1) is 22.3. The van der Waals surface area contributed by atoms with Crippen LogP contribution in [0.4, 0.5) is 17.1 Å². The van der Waals surface area contributed by atoms with Gasteiger partial charge in [-0.15, -0.1) is 0 Å². The van der Waals surface area contributed by atoms with Crippen LogP contribution in [0.3, 0.4) is 0 Å². The molecule has 1 atom stereocenters. The zero-order chi connectivity index (χ0) is 23.4. The van der Waals surface area contributed by atoms with Crippen LogP contribution in [0.1, 0.15) is 42.1 Å². The van der Waals surface area contributed by atoms with Crippen molar-refractivity contribution in [2.45, 2.75) is 26.2 Å². The lowest BCUT2D eigenvalue weighted by molar-refractivity contribution is -0.122.